The molecule has 5 nitrogen and oxygen atoms in total. The van der Waals surface area contributed by atoms with Crippen molar-refractivity contribution in [3.63, 3.8) is 0 Å². The molecule has 0 saturated heterocycles. The molecule has 0 unspecified atom stereocenters. The Morgan fingerprint density at radius 2 is 2.05 bits per heavy atom. The third kappa shape index (κ3) is 2.78. The lowest BCUT2D eigenvalue weighted by molar-refractivity contribution is 0.0994. The van der Waals surface area contributed by atoms with Crippen molar-refractivity contribution in [1.82, 2.24) is 4.98 Å². The summed E-state index contributed by atoms with van der Waals surface area (Å²) in [7, 11) is 0. The minimum atomic E-state index is -0.352. The second-order valence-electron chi connectivity index (χ2n) is 4.29. The number of aryl methyl sites for hydroxylation is 3. The van der Waals surface area contributed by atoms with Gasteiger partial charge in [-0.15, -0.1) is 0 Å². The number of rotatable bonds is 2. The Balaban J connectivity index is 2.32. The topological polar surface area (TPSA) is 81.2 Å². The third-order valence-corrected chi connectivity index (χ3v) is 3.14. The summed E-state index contributed by atoms with van der Waals surface area (Å²) in [5.41, 5.74) is 8.41. The third-order valence-electron chi connectivity index (χ3n) is 2.68. The van der Waals surface area contributed by atoms with Crippen molar-refractivity contribution >= 4 is 33.2 Å². The number of halogens is 1. The van der Waals surface area contributed by atoms with E-state index < -0.39 is 0 Å². The van der Waals surface area contributed by atoms with E-state index in [0.29, 0.717) is 23.0 Å². The van der Waals surface area contributed by atoms with Crippen LogP contribution in [0.15, 0.2) is 21.0 Å². The summed E-state index contributed by atoms with van der Waals surface area (Å²) in [5.74, 6) is 0.317. The molecule has 0 saturated carbocycles. The summed E-state index contributed by atoms with van der Waals surface area (Å²) in [6, 6.07) is 3.62. The zero-order valence-corrected chi connectivity index (χ0v) is 12.5. The molecule has 0 spiro atoms. The van der Waals surface area contributed by atoms with Gasteiger partial charge >= 0.3 is 0 Å². The molecule has 0 bridgehead atoms. The molecule has 1 heterocycles. The molecule has 6 heteroatoms. The number of amides is 1. The van der Waals surface area contributed by atoms with E-state index >= 15 is 0 Å². The highest BCUT2D eigenvalue weighted by molar-refractivity contribution is 9.10. The molecule has 2 rings (SSSR count). The van der Waals surface area contributed by atoms with Crippen LogP contribution >= 0.6 is 15.9 Å². The molecule has 0 aliphatic rings. The lowest BCUT2D eigenvalue weighted by Gasteiger charge is -2.11. The van der Waals surface area contributed by atoms with Crippen LogP contribution in [0.5, 0.6) is 0 Å². The zero-order valence-electron chi connectivity index (χ0n) is 10.9. The molecule has 0 atom stereocenters. The molecule has 100 valence electrons. The summed E-state index contributed by atoms with van der Waals surface area (Å²) < 4.78 is 6.15. The number of nitrogens with two attached hydrogens (primary N) is 1. The van der Waals surface area contributed by atoms with Crippen LogP contribution in [-0.4, -0.2) is 10.9 Å². The molecule has 0 radical (unpaired) electrons. The van der Waals surface area contributed by atoms with Gasteiger partial charge in [0, 0.05) is 11.4 Å². The fourth-order valence-electron chi connectivity index (χ4n) is 1.85. The first-order valence-corrected chi connectivity index (χ1v) is 6.48. The average molecular weight is 324 g/mol. The van der Waals surface area contributed by atoms with Crippen molar-refractivity contribution in [2.24, 2.45) is 0 Å². The lowest BCUT2D eigenvalue weighted by Crippen LogP contribution is -2.14. The summed E-state index contributed by atoms with van der Waals surface area (Å²) in [5, 5.41) is 2.76. The Hall–Kier alpha value is -1.82. The van der Waals surface area contributed by atoms with E-state index in [0.717, 1.165) is 10.0 Å². The Morgan fingerprint density at radius 3 is 2.58 bits per heavy atom. The number of nitrogens with one attached hydrogen (secondary N) is 1. The highest BCUT2D eigenvalue weighted by atomic mass is 79.9. The number of aromatic nitrogens is 1. The summed E-state index contributed by atoms with van der Waals surface area (Å²) in [4.78, 5) is 16.2. The lowest BCUT2D eigenvalue weighted by atomic mass is 10.1. The predicted molar refractivity (Wildman–Crippen MR) is 77.2 cm³/mol. The van der Waals surface area contributed by atoms with E-state index in [1.54, 1.807) is 19.9 Å². The van der Waals surface area contributed by atoms with Crippen molar-refractivity contribution in [3.05, 3.63) is 39.5 Å². The molecular formula is C13H14BrN3O2. The monoisotopic (exact) mass is 323 g/mol. The molecule has 1 amide bonds. The molecule has 2 aromatic rings. The molecule has 0 aliphatic carbocycles. The summed E-state index contributed by atoms with van der Waals surface area (Å²) in [6.45, 7) is 5.29. The van der Waals surface area contributed by atoms with E-state index in [1.807, 2.05) is 13.0 Å². The summed E-state index contributed by atoms with van der Waals surface area (Å²) >= 11 is 3.35. The van der Waals surface area contributed by atoms with Gasteiger partial charge < -0.3 is 15.5 Å². The van der Waals surface area contributed by atoms with Crippen molar-refractivity contribution in [1.29, 1.82) is 0 Å². The first-order valence-electron chi connectivity index (χ1n) is 5.69. The van der Waals surface area contributed by atoms with Gasteiger partial charge in [0.25, 0.3) is 5.91 Å². The van der Waals surface area contributed by atoms with E-state index in [1.165, 1.54) is 0 Å². The van der Waals surface area contributed by atoms with Gasteiger partial charge in [-0.2, -0.15) is 0 Å². The van der Waals surface area contributed by atoms with Gasteiger partial charge in [0.05, 0.1) is 17.1 Å². The van der Waals surface area contributed by atoms with Crippen molar-refractivity contribution < 1.29 is 9.21 Å². The van der Waals surface area contributed by atoms with Gasteiger partial charge in [0.2, 0.25) is 5.76 Å². The minimum Gasteiger partial charge on any atom is -0.436 e. The molecular weight excluding hydrogens is 310 g/mol. The van der Waals surface area contributed by atoms with Crippen molar-refractivity contribution in [3.8, 4) is 0 Å². The van der Waals surface area contributed by atoms with Crippen molar-refractivity contribution in [2.75, 3.05) is 11.1 Å². The number of benzene rings is 1. The molecule has 1 aromatic carbocycles. The Labute approximate surface area is 119 Å². The number of anilines is 2. The second kappa shape index (κ2) is 5.05. The van der Waals surface area contributed by atoms with E-state index in [4.69, 9.17) is 10.2 Å². The molecule has 19 heavy (non-hydrogen) atoms. The highest BCUT2D eigenvalue weighted by Gasteiger charge is 2.18. The fraction of sp³-hybridized carbons (Fsp3) is 0.231. The van der Waals surface area contributed by atoms with E-state index in [-0.39, 0.29) is 11.7 Å². The van der Waals surface area contributed by atoms with Crippen LogP contribution in [0, 0.1) is 20.8 Å². The number of hydrogen-bond donors (Lipinski definition) is 2. The van der Waals surface area contributed by atoms with Gasteiger partial charge in [-0.25, -0.2) is 4.98 Å². The van der Waals surface area contributed by atoms with Gasteiger partial charge in [0.15, 0.2) is 5.89 Å². The number of hydrogen-bond acceptors (Lipinski definition) is 4. The maximum absolute atomic E-state index is 12.1. The second-order valence-corrected chi connectivity index (χ2v) is 5.20. The number of carbonyl (C=O) groups excluding carboxylic acids is 1. The van der Waals surface area contributed by atoms with Crippen LogP contribution in [0.2, 0.25) is 0 Å². The summed E-state index contributed by atoms with van der Waals surface area (Å²) in [6.07, 6.45) is 0. The number of oxazole rings is 1. The smallest absolute Gasteiger partial charge is 0.293 e. The largest absolute Gasteiger partial charge is 0.436 e. The Bertz CT molecular complexity index is 626. The normalized spacial score (nSPS) is 10.5. The maximum atomic E-state index is 12.1. The fourth-order valence-corrected chi connectivity index (χ4v) is 2.44. The van der Waals surface area contributed by atoms with E-state index in [2.05, 4.69) is 26.2 Å². The van der Waals surface area contributed by atoms with Crippen LogP contribution in [-0.2, 0) is 0 Å². The maximum Gasteiger partial charge on any atom is 0.293 e. The predicted octanol–water partition coefficient (Wildman–Crippen LogP) is 3.20. The molecule has 0 fully saturated rings. The average Bonchev–Trinajstić information content (AvgIpc) is 2.62. The quantitative estimate of drug-likeness (QED) is 0.831. The van der Waals surface area contributed by atoms with Gasteiger partial charge in [-0.1, -0.05) is 15.9 Å². The first-order chi connectivity index (χ1) is 8.88. The van der Waals surface area contributed by atoms with Crippen molar-refractivity contribution in [2.45, 2.75) is 20.8 Å². The van der Waals surface area contributed by atoms with E-state index in [9.17, 15) is 4.79 Å². The van der Waals surface area contributed by atoms with Crippen LogP contribution in [0.1, 0.15) is 27.7 Å². The van der Waals surface area contributed by atoms with Gasteiger partial charge in [0.1, 0.15) is 0 Å². The standard InChI is InChI=1S/C13H14BrN3O2/c1-6-4-9(14)5-10(15)11(6)17-13(18)12-7(2)16-8(3)19-12/h4-5H,15H2,1-3H3,(H,17,18). The van der Waals surface area contributed by atoms with Crippen LogP contribution in [0.4, 0.5) is 11.4 Å². The van der Waals surface area contributed by atoms with Crippen LogP contribution in [0.3, 0.4) is 0 Å². The minimum absolute atomic E-state index is 0.208. The Morgan fingerprint density at radius 1 is 1.37 bits per heavy atom. The zero-order chi connectivity index (χ0) is 14.2. The molecule has 1 aromatic heterocycles. The number of carbonyl (C=O) groups is 1. The first kappa shape index (κ1) is 13.6. The SMILES string of the molecule is Cc1nc(C)c(C(=O)Nc2c(C)cc(Br)cc2N)o1. The van der Waals surface area contributed by atoms with Gasteiger partial charge in [-0.05, 0) is 31.5 Å². The number of nitrogen functional groups attached to an aromatic ring is 1. The van der Waals surface area contributed by atoms with Gasteiger partial charge in [-0.3, -0.25) is 4.79 Å². The van der Waals surface area contributed by atoms with Crippen LogP contribution in [0.25, 0.3) is 0 Å². The molecule has 3 N–H and O–H groups in total. The highest BCUT2D eigenvalue weighted by Crippen LogP contribution is 2.28. The number of nitrogens with zero attached hydrogens (tertiary/aromatic N) is 1. The Kier molecular flexibility index (Phi) is 3.61. The van der Waals surface area contributed by atoms with Crippen LogP contribution < -0.4 is 11.1 Å². The molecule has 0 aliphatic heterocycles.